The second-order valence-corrected chi connectivity index (χ2v) is 8.67. The van der Waals surface area contributed by atoms with Crippen molar-refractivity contribution in [2.45, 2.75) is 4.90 Å². The predicted molar refractivity (Wildman–Crippen MR) is 133 cm³/mol. The average Bonchev–Trinajstić information content (AvgIpc) is 3.59. The highest BCUT2D eigenvalue weighted by Gasteiger charge is 2.20. The molecule has 0 radical (unpaired) electrons. The van der Waals surface area contributed by atoms with E-state index < -0.39 is 0 Å². The van der Waals surface area contributed by atoms with Crippen molar-refractivity contribution in [1.82, 2.24) is 0 Å². The molecule has 1 aromatic rings. The third-order valence-corrected chi connectivity index (χ3v) is 6.37. The van der Waals surface area contributed by atoms with E-state index in [1.165, 1.54) is 30.0 Å². The Bertz CT molecular complexity index is 1490. The molecule has 5 aliphatic heterocycles. The first-order chi connectivity index (χ1) is 16.1. The fourth-order valence-corrected chi connectivity index (χ4v) is 4.67. The highest BCUT2D eigenvalue weighted by molar-refractivity contribution is 8.04. The van der Waals surface area contributed by atoms with Gasteiger partial charge in [-0.1, -0.05) is 11.8 Å². The van der Waals surface area contributed by atoms with Gasteiger partial charge in [0.15, 0.2) is 0 Å². The molecule has 33 heavy (non-hydrogen) atoms. The third-order valence-electron chi connectivity index (χ3n) is 5.20. The number of benzene rings is 1. The Balaban J connectivity index is 1.51. The monoisotopic (exact) mass is 448 g/mol. The van der Waals surface area contributed by atoms with Gasteiger partial charge < -0.3 is 10.2 Å². The van der Waals surface area contributed by atoms with E-state index in [0.29, 0.717) is 4.90 Å². The van der Waals surface area contributed by atoms with Crippen molar-refractivity contribution in [3.05, 3.63) is 113 Å². The first-order valence-corrected chi connectivity index (χ1v) is 11.1. The van der Waals surface area contributed by atoms with Crippen molar-refractivity contribution < 1.29 is 10.2 Å². The van der Waals surface area contributed by atoms with Crippen LogP contribution < -0.4 is 0 Å². The maximum atomic E-state index is 10.3. The fourth-order valence-electron chi connectivity index (χ4n) is 3.66. The molecule has 8 bridgehead atoms. The molecule has 5 aliphatic rings. The minimum Gasteiger partial charge on any atom is -0.508 e. The van der Waals surface area contributed by atoms with Crippen molar-refractivity contribution >= 4 is 34.6 Å². The molecule has 0 aromatic heterocycles. The summed E-state index contributed by atoms with van der Waals surface area (Å²) in [6.45, 7) is 0. The maximum Gasteiger partial charge on any atom is 0.129 e. The Kier molecular flexibility index (Phi) is 4.55. The molecular formula is C26H16N4O2S. The van der Waals surface area contributed by atoms with Crippen LogP contribution in [0.3, 0.4) is 0 Å². The summed E-state index contributed by atoms with van der Waals surface area (Å²) in [4.78, 5) is 20.1. The van der Waals surface area contributed by atoms with E-state index in [-0.39, 0.29) is 11.5 Å². The fraction of sp³-hybridized carbons (Fsp3) is 0. The van der Waals surface area contributed by atoms with Gasteiger partial charge in [-0.2, -0.15) is 0 Å². The van der Waals surface area contributed by atoms with Crippen molar-refractivity contribution in [1.29, 1.82) is 0 Å². The van der Waals surface area contributed by atoms with Crippen LogP contribution in [0.1, 0.15) is 0 Å². The van der Waals surface area contributed by atoms with Crippen LogP contribution in [0.4, 0.5) is 0 Å². The number of hydrogen-bond donors (Lipinski definition) is 2. The van der Waals surface area contributed by atoms with Crippen LogP contribution in [0, 0.1) is 0 Å². The predicted octanol–water partition coefficient (Wildman–Crippen LogP) is 5.11. The zero-order valence-corrected chi connectivity index (χ0v) is 18.0. The van der Waals surface area contributed by atoms with Gasteiger partial charge in [-0.05, 0) is 85.0 Å². The zero-order valence-electron chi connectivity index (χ0n) is 17.2. The van der Waals surface area contributed by atoms with E-state index >= 15 is 0 Å². The number of allylic oxidation sites excluding steroid dienone is 12. The molecule has 158 valence electrons. The van der Waals surface area contributed by atoms with Crippen LogP contribution in [0.15, 0.2) is 138 Å². The lowest BCUT2D eigenvalue weighted by atomic mass is 10.2. The molecule has 0 saturated carbocycles. The quantitative estimate of drug-likeness (QED) is 0.616. The van der Waals surface area contributed by atoms with Gasteiger partial charge in [-0.3, -0.25) is 0 Å². The number of aromatic hydroxyl groups is 2. The smallest absolute Gasteiger partial charge is 0.129 e. The molecule has 6 nitrogen and oxygen atoms in total. The van der Waals surface area contributed by atoms with Gasteiger partial charge in [0, 0.05) is 0 Å². The Morgan fingerprint density at radius 1 is 0.606 bits per heavy atom. The molecular weight excluding hydrogens is 432 g/mol. The van der Waals surface area contributed by atoms with Crippen molar-refractivity contribution in [3.8, 4) is 11.5 Å². The molecule has 0 atom stereocenters. The van der Waals surface area contributed by atoms with E-state index in [1.807, 2.05) is 66.8 Å². The van der Waals surface area contributed by atoms with E-state index in [1.54, 1.807) is 0 Å². The zero-order chi connectivity index (χ0) is 22.4. The Labute approximate surface area is 193 Å². The van der Waals surface area contributed by atoms with E-state index in [0.717, 1.165) is 50.5 Å². The number of thioether (sulfide) groups is 1. The minimum atomic E-state index is 0.0751. The first kappa shape index (κ1) is 19.5. The summed E-state index contributed by atoms with van der Waals surface area (Å²) in [5.74, 6) is 0.151. The SMILES string of the molecule is Oc1ccc(O)c(SC2=C3C=CC(=N3)C=C3C=CC(=N3)C=C3C=CC(=N3)C=C3C=CC2=N3)c1. The number of hydrogen-bond acceptors (Lipinski definition) is 7. The minimum absolute atomic E-state index is 0.0751. The lowest BCUT2D eigenvalue weighted by Gasteiger charge is -2.10. The molecule has 0 spiro atoms. The molecule has 0 unspecified atom stereocenters. The summed E-state index contributed by atoms with van der Waals surface area (Å²) < 4.78 is 0. The summed E-state index contributed by atoms with van der Waals surface area (Å²) in [5.41, 5.74) is 6.27. The Morgan fingerprint density at radius 3 is 1.94 bits per heavy atom. The molecule has 0 aliphatic carbocycles. The number of rotatable bonds is 2. The number of fused-ring (bicyclic) bond motifs is 4. The van der Waals surface area contributed by atoms with Crippen LogP contribution in [0.25, 0.3) is 0 Å². The van der Waals surface area contributed by atoms with Crippen LogP contribution in [0.2, 0.25) is 0 Å². The highest BCUT2D eigenvalue weighted by Crippen LogP contribution is 2.40. The standard InChI is InChI=1S/C26H16N4O2S/c31-21-7-10-24(32)25(14-21)33-26-22-8-5-19(29-22)12-17-3-1-15(27-17)11-16-2-4-18(28-16)13-20-6-9-23(26)30-20/h1-14,31-32H. The second kappa shape index (κ2) is 7.72. The summed E-state index contributed by atoms with van der Waals surface area (Å²) in [6.07, 6.45) is 21.3. The van der Waals surface area contributed by atoms with Crippen LogP contribution in [-0.2, 0) is 0 Å². The largest absolute Gasteiger partial charge is 0.508 e. The summed E-state index contributed by atoms with van der Waals surface area (Å²) in [6, 6.07) is 4.45. The first-order valence-electron chi connectivity index (χ1n) is 10.3. The number of nitrogens with zero attached hydrogens (tertiary/aromatic N) is 4. The molecule has 7 heteroatoms. The van der Waals surface area contributed by atoms with Gasteiger partial charge in [0.2, 0.25) is 0 Å². The molecule has 0 fully saturated rings. The van der Waals surface area contributed by atoms with Gasteiger partial charge in [-0.15, -0.1) is 0 Å². The molecule has 1 aromatic carbocycles. The third kappa shape index (κ3) is 3.90. The molecule has 5 heterocycles. The van der Waals surface area contributed by atoms with Gasteiger partial charge in [-0.25, -0.2) is 20.0 Å². The summed E-state index contributed by atoms with van der Waals surface area (Å²) >= 11 is 1.31. The Morgan fingerprint density at radius 2 is 1.21 bits per heavy atom. The van der Waals surface area contributed by atoms with E-state index in [4.69, 9.17) is 9.98 Å². The normalized spacial score (nSPS) is 19.9. The van der Waals surface area contributed by atoms with Gasteiger partial charge in [0.25, 0.3) is 0 Å². The van der Waals surface area contributed by atoms with Crippen molar-refractivity contribution in [2.24, 2.45) is 20.0 Å². The van der Waals surface area contributed by atoms with Crippen LogP contribution in [0.5, 0.6) is 11.5 Å². The van der Waals surface area contributed by atoms with Gasteiger partial charge in [0.05, 0.1) is 55.4 Å². The summed E-state index contributed by atoms with van der Waals surface area (Å²) in [5, 5.41) is 20.3. The van der Waals surface area contributed by atoms with Crippen LogP contribution in [-0.4, -0.2) is 33.1 Å². The van der Waals surface area contributed by atoms with Crippen molar-refractivity contribution in [3.63, 3.8) is 0 Å². The van der Waals surface area contributed by atoms with Gasteiger partial charge >= 0.3 is 0 Å². The molecule has 0 saturated heterocycles. The second-order valence-electron chi connectivity index (χ2n) is 7.62. The van der Waals surface area contributed by atoms with E-state index in [9.17, 15) is 10.2 Å². The maximum absolute atomic E-state index is 10.3. The topological polar surface area (TPSA) is 89.9 Å². The molecule has 2 N–H and O–H groups in total. The number of phenols is 2. The van der Waals surface area contributed by atoms with E-state index in [2.05, 4.69) is 9.98 Å². The highest BCUT2D eigenvalue weighted by atomic mass is 32.2. The summed E-state index contributed by atoms with van der Waals surface area (Å²) in [7, 11) is 0. The van der Waals surface area contributed by atoms with Crippen molar-refractivity contribution in [2.75, 3.05) is 0 Å². The molecule has 6 rings (SSSR count). The lowest BCUT2D eigenvalue weighted by Crippen LogP contribution is -1.97. The Hall–Kier alpha value is -4.23. The molecule has 0 amide bonds. The van der Waals surface area contributed by atoms with Crippen LogP contribution >= 0.6 is 11.8 Å². The number of aliphatic imine (C=N–C) groups is 4. The number of phenolic OH excluding ortho intramolecular Hbond substituents is 2. The van der Waals surface area contributed by atoms with Gasteiger partial charge in [0.1, 0.15) is 11.5 Å². The average molecular weight is 449 g/mol. The lowest BCUT2D eigenvalue weighted by molar-refractivity contribution is 0.449.